The molecule has 0 spiro atoms. The molecule has 0 aromatic heterocycles. The first-order chi connectivity index (χ1) is 16.7. The van der Waals surface area contributed by atoms with Gasteiger partial charge in [0, 0.05) is 16.7 Å². The molecule has 0 fully saturated rings. The number of aromatic carboxylic acids is 1. The number of aryl methyl sites for hydroxylation is 4. The third-order valence-electron chi connectivity index (χ3n) is 7.00. The lowest BCUT2D eigenvalue weighted by Crippen LogP contribution is -2.32. The summed E-state index contributed by atoms with van der Waals surface area (Å²) in [4.78, 5) is 24.9. The minimum absolute atomic E-state index is 0.0173. The van der Waals surface area contributed by atoms with Crippen molar-refractivity contribution in [3.63, 3.8) is 0 Å². The Morgan fingerprint density at radius 2 is 1.23 bits per heavy atom. The third-order valence-corrected chi connectivity index (χ3v) is 7.00. The van der Waals surface area contributed by atoms with Crippen LogP contribution in [-0.4, -0.2) is 27.3 Å². The quantitative estimate of drug-likeness (QED) is 0.390. The molecular weight excluding hydrogens is 444 g/mol. The van der Waals surface area contributed by atoms with Crippen LogP contribution >= 0.6 is 0 Å². The average molecular weight is 475 g/mol. The van der Waals surface area contributed by atoms with Crippen LogP contribution < -0.4 is 0 Å². The number of phenolic OH excluding ortho intramolecular Hbond substituents is 2. The summed E-state index contributed by atoms with van der Waals surface area (Å²) in [7, 11) is 0. The van der Waals surface area contributed by atoms with Gasteiger partial charge in [0.2, 0.25) is 0 Å². The standard InChI is InChI=1S/C29H30O6/c1-5-16-11-18(7-3)25(30)14-23(16)29(24-15-26(31)19(8-4)12-17(24)6-2)22-10-9-20(27(32)33)13-21(22)28(34)35-29/h9-15,30-31H,5-8H2,1-4H3,(H,32,33). The SMILES string of the molecule is CCc1cc(CC)c(C2(c3cc(O)c(CC)cc3CC)OC(=O)c3cc(C(=O)O)ccc32)cc1O. The van der Waals surface area contributed by atoms with Gasteiger partial charge in [0.1, 0.15) is 11.5 Å². The number of benzene rings is 3. The molecule has 0 unspecified atom stereocenters. The van der Waals surface area contributed by atoms with E-state index in [1.165, 1.54) is 12.1 Å². The molecule has 182 valence electrons. The zero-order valence-corrected chi connectivity index (χ0v) is 20.4. The Labute approximate surface area is 204 Å². The van der Waals surface area contributed by atoms with Crippen molar-refractivity contribution in [3.8, 4) is 11.5 Å². The lowest BCUT2D eigenvalue weighted by molar-refractivity contribution is 0.0245. The Hall–Kier alpha value is -3.80. The maximum Gasteiger partial charge on any atom is 0.340 e. The van der Waals surface area contributed by atoms with E-state index in [1.54, 1.807) is 18.2 Å². The largest absolute Gasteiger partial charge is 0.508 e. The van der Waals surface area contributed by atoms with Gasteiger partial charge in [0.15, 0.2) is 5.60 Å². The highest BCUT2D eigenvalue weighted by molar-refractivity contribution is 5.99. The average Bonchev–Trinajstić information content (AvgIpc) is 3.16. The molecule has 1 heterocycles. The van der Waals surface area contributed by atoms with Crippen LogP contribution in [0.25, 0.3) is 0 Å². The maximum absolute atomic E-state index is 13.3. The fourth-order valence-corrected chi connectivity index (χ4v) is 5.12. The summed E-state index contributed by atoms with van der Waals surface area (Å²) >= 11 is 0. The fraction of sp³-hybridized carbons (Fsp3) is 0.310. The predicted octanol–water partition coefficient (Wildman–Crippen LogP) is 5.51. The Kier molecular flexibility index (Phi) is 6.32. The highest BCUT2D eigenvalue weighted by atomic mass is 16.6. The number of carboxylic acids is 1. The fourth-order valence-electron chi connectivity index (χ4n) is 5.12. The molecule has 6 nitrogen and oxygen atoms in total. The number of fused-ring (bicyclic) bond motifs is 1. The van der Waals surface area contributed by atoms with Crippen molar-refractivity contribution in [3.05, 3.63) is 92.5 Å². The summed E-state index contributed by atoms with van der Waals surface area (Å²) in [5.41, 5.74) is 3.73. The minimum atomic E-state index is -1.45. The van der Waals surface area contributed by atoms with Crippen molar-refractivity contribution in [1.82, 2.24) is 0 Å². The van der Waals surface area contributed by atoms with E-state index in [4.69, 9.17) is 4.74 Å². The molecule has 0 saturated carbocycles. The molecule has 3 aromatic carbocycles. The van der Waals surface area contributed by atoms with Gasteiger partial charge in [-0.3, -0.25) is 0 Å². The second-order valence-corrected chi connectivity index (χ2v) is 8.83. The Balaban J connectivity index is 2.16. The van der Waals surface area contributed by atoms with Gasteiger partial charge in [0.25, 0.3) is 0 Å². The van der Waals surface area contributed by atoms with Crippen molar-refractivity contribution in [2.45, 2.75) is 59.0 Å². The molecular formula is C29H30O6. The number of cyclic esters (lactones) is 1. The van der Waals surface area contributed by atoms with Crippen molar-refractivity contribution >= 4 is 11.9 Å². The minimum Gasteiger partial charge on any atom is -0.508 e. The number of ether oxygens (including phenoxy) is 1. The molecule has 1 aliphatic heterocycles. The van der Waals surface area contributed by atoms with Crippen molar-refractivity contribution < 1.29 is 29.6 Å². The van der Waals surface area contributed by atoms with Gasteiger partial charge < -0.3 is 20.1 Å². The van der Waals surface area contributed by atoms with Crippen LogP contribution in [0, 0.1) is 0 Å². The first kappa shape index (κ1) is 24.3. The number of carbonyl (C=O) groups excluding carboxylic acids is 1. The lowest BCUT2D eigenvalue weighted by atomic mass is 9.74. The van der Waals surface area contributed by atoms with Crippen LogP contribution in [0.4, 0.5) is 0 Å². The van der Waals surface area contributed by atoms with Crippen LogP contribution in [0.1, 0.15) is 87.4 Å². The highest BCUT2D eigenvalue weighted by Gasteiger charge is 2.51. The second-order valence-electron chi connectivity index (χ2n) is 8.83. The van der Waals surface area contributed by atoms with Crippen LogP contribution in [0.5, 0.6) is 11.5 Å². The van der Waals surface area contributed by atoms with E-state index in [-0.39, 0.29) is 22.6 Å². The molecule has 6 heteroatoms. The van der Waals surface area contributed by atoms with E-state index in [9.17, 15) is 24.9 Å². The summed E-state index contributed by atoms with van der Waals surface area (Å²) < 4.78 is 6.21. The van der Waals surface area contributed by atoms with Gasteiger partial charge >= 0.3 is 11.9 Å². The van der Waals surface area contributed by atoms with Crippen molar-refractivity contribution in [2.24, 2.45) is 0 Å². The van der Waals surface area contributed by atoms with Crippen LogP contribution in [0.2, 0.25) is 0 Å². The molecule has 35 heavy (non-hydrogen) atoms. The monoisotopic (exact) mass is 474 g/mol. The number of rotatable bonds is 7. The number of aromatic hydroxyl groups is 2. The Bertz CT molecular complexity index is 1280. The van der Waals surface area contributed by atoms with Gasteiger partial charge in [0.05, 0.1) is 11.1 Å². The molecule has 1 aliphatic rings. The number of phenols is 2. The third kappa shape index (κ3) is 3.73. The van der Waals surface area contributed by atoms with E-state index in [0.29, 0.717) is 42.4 Å². The number of esters is 1. The van der Waals surface area contributed by atoms with Crippen molar-refractivity contribution in [2.75, 3.05) is 0 Å². The Morgan fingerprint density at radius 3 is 1.66 bits per heavy atom. The van der Waals surface area contributed by atoms with Crippen molar-refractivity contribution in [1.29, 1.82) is 0 Å². The zero-order valence-electron chi connectivity index (χ0n) is 20.4. The number of carbonyl (C=O) groups is 2. The Morgan fingerprint density at radius 1 is 0.743 bits per heavy atom. The summed E-state index contributed by atoms with van der Waals surface area (Å²) in [6.07, 6.45) is 2.50. The van der Waals surface area contributed by atoms with E-state index in [1.807, 2.05) is 39.8 Å². The molecule has 3 N–H and O–H groups in total. The molecule has 3 aromatic rings. The number of carboxylic acid groups (broad SMARTS) is 1. The molecule has 0 saturated heterocycles. The number of hydrogen-bond acceptors (Lipinski definition) is 5. The van der Waals surface area contributed by atoms with Crippen LogP contribution in [0.15, 0.2) is 42.5 Å². The molecule has 0 radical (unpaired) electrons. The summed E-state index contributed by atoms with van der Waals surface area (Å²) in [6, 6.07) is 11.5. The molecule has 0 amide bonds. The highest BCUT2D eigenvalue weighted by Crippen LogP contribution is 2.51. The van der Waals surface area contributed by atoms with Gasteiger partial charge in [-0.05, 0) is 72.2 Å². The first-order valence-electron chi connectivity index (χ1n) is 12.0. The summed E-state index contributed by atoms with van der Waals surface area (Å²) in [5, 5.41) is 31.2. The van der Waals surface area contributed by atoms with E-state index in [2.05, 4.69) is 0 Å². The second kappa shape index (κ2) is 9.10. The van der Waals surface area contributed by atoms with E-state index >= 15 is 0 Å². The molecule has 4 rings (SSSR count). The van der Waals surface area contributed by atoms with Crippen LogP contribution in [-0.2, 0) is 36.0 Å². The van der Waals surface area contributed by atoms with Crippen LogP contribution in [0.3, 0.4) is 0 Å². The zero-order chi connectivity index (χ0) is 25.5. The molecule has 0 atom stereocenters. The van der Waals surface area contributed by atoms with Gasteiger partial charge in [-0.1, -0.05) is 45.9 Å². The summed E-state index contributed by atoms with van der Waals surface area (Å²) in [5.74, 6) is -1.60. The smallest absolute Gasteiger partial charge is 0.340 e. The predicted molar refractivity (Wildman–Crippen MR) is 132 cm³/mol. The summed E-state index contributed by atoms with van der Waals surface area (Å²) in [6.45, 7) is 7.90. The molecule has 0 aliphatic carbocycles. The van der Waals surface area contributed by atoms with Gasteiger partial charge in [-0.25, -0.2) is 9.59 Å². The van der Waals surface area contributed by atoms with Gasteiger partial charge in [-0.15, -0.1) is 0 Å². The topological polar surface area (TPSA) is 104 Å². The first-order valence-corrected chi connectivity index (χ1v) is 12.0. The number of hydrogen-bond donors (Lipinski definition) is 3. The lowest BCUT2D eigenvalue weighted by Gasteiger charge is -2.34. The van der Waals surface area contributed by atoms with E-state index < -0.39 is 17.5 Å². The maximum atomic E-state index is 13.3. The normalized spacial score (nSPS) is 14.0. The molecule has 0 bridgehead atoms. The van der Waals surface area contributed by atoms with Gasteiger partial charge in [-0.2, -0.15) is 0 Å². The van der Waals surface area contributed by atoms with E-state index in [0.717, 1.165) is 22.3 Å².